The van der Waals surface area contributed by atoms with Crippen molar-refractivity contribution in [2.45, 2.75) is 25.5 Å². The molecular formula is C11H16N6OS. The minimum Gasteiger partial charge on any atom is -0.366 e. The first-order chi connectivity index (χ1) is 9.13. The highest BCUT2D eigenvalue weighted by molar-refractivity contribution is 7.98. The molecule has 2 heterocycles. The second-order valence-electron chi connectivity index (χ2n) is 3.93. The number of hydrogen-bond donors (Lipinski definition) is 3. The molecule has 0 amide bonds. The molecule has 0 saturated carbocycles. The van der Waals surface area contributed by atoms with Crippen molar-refractivity contribution in [3.8, 4) is 0 Å². The van der Waals surface area contributed by atoms with Crippen LogP contribution in [0.3, 0.4) is 0 Å². The molecule has 7 nitrogen and oxygen atoms in total. The van der Waals surface area contributed by atoms with Crippen molar-refractivity contribution in [3.05, 3.63) is 23.1 Å². The Morgan fingerprint density at radius 3 is 2.63 bits per heavy atom. The Kier molecular flexibility index (Phi) is 4.23. The van der Waals surface area contributed by atoms with Crippen molar-refractivity contribution in [2.24, 2.45) is 5.84 Å². The summed E-state index contributed by atoms with van der Waals surface area (Å²) in [7, 11) is 0. The Morgan fingerprint density at radius 2 is 2.05 bits per heavy atom. The van der Waals surface area contributed by atoms with Crippen LogP contribution >= 0.6 is 11.8 Å². The van der Waals surface area contributed by atoms with Crippen LogP contribution in [0.15, 0.2) is 15.7 Å². The number of nitrogens with two attached hydrogens (primary N) is 1. The number of anilines is 2. The summed E-state index contributed by atoms with van der Waals surface area (Å²) < 4.78 is 5.11. The molecule has 2 rings (SSSR count). The van der Waals surface area contributed by atoms with Gasteiger partial charge in [-0.15, -0.1) is 0 Å². The molecule has 2 aromatic rings. The van der Waals surface area contributed by atoms with Crippen molar-refractivity contribution >= 4 is 23.4 Å². The SMILES string of the molecule is CSc1nc(NN)cc(NCc2c(C)noc2C)n1. The molecular weight excluding hydrogens is 264 g/mol. The Hall–Kier alpha value is -1.80. The number of nitrogen functional groups attached to an aromatic ring is 1. The van der Waals surface area contributed by atoms with Gasteiger partial charge in [-0.1, -0.05) is 16.9 Å². The van der Waals surface area contributed by atoms with Gasteiger partial charge in [0.25, 0.3) is 0 Å². The van der Waals surface area contributed by atoms with Gasteiger partial charge in [0.1, 0.15) is 17.4 Å². The second kappa shape index (κ2) is 5.89. The fraction of sp³-hybridized carbons (Fsp3) is 0.364. The molecule has 0 saturated heterocycles. The molecule has 8 heteroatoms. The van der Waals surface area contributed by atoms with E-state index in [1.807, 2.05) is 20.1 Å². The van der Waals surface area contributed by atoms with E-state index >= 15 is 0 Å². The Morgan fingerprint density at radius 1 is 1.32 bits per heavy atom. The van der Waals surface area contributed by atoms with Gasteiger partial charge in [0.2, 0.25) is 0 Å². The van der Waals surface area contributed by atoms with Crippen LogP contribution in [-0.4, -0.2) is 21.4 Å². The van der Waals surface area contributed by atoms with Crippen LogP contribution in [0, 0.1) is 13.8 Å². The number of rotatable bonds is 5. The molecule has 0 spiro atoms. The molecule has 102 valence electrons. The second-order valence-corrected chi connectivity index (χ2v) is 4.70. The lowest BCUT2D eigenvalue weighted by molar-refractivity contribution is 0.392. The number of aryl methyl sites for hydroxylation is 2. The van der Waals surface area contributed by atoms with E-state index in [1.54, 1.807) is 6.07 Å². The van der Waals surface area contributed by atoms with Crippen molar-refractivity contribution in [1.29, 1.82) is 0 Å². The zero-order chi connectivity index (χ0) is 13.8. The molecule has 0 aliphatic carbocycles. The average molecular weight is 280 g/mol. The van der Waals surface area contributed by atoms with Gasteiger partial charge >= 0.3 is 0 Å². The molecule has 0 aliphatic heterocycles. The van der Waals surface area contributed by atoms with E-state index in [1.165, 1.54) is 11.8 Å². The number of hydrazine groups is 1. The van der Waals surface area contributed by atoms with Gasteiger partial charge in [0.15, 0.2) is 5.16 Å². The average Bonchev–Trinajstić information content (AvgIpc) is 2.75. The first kappa shape index (κ1) is 13.6. The van der Waals surface area contributed by atoms with Crippen LogP contribution < -0.4 is 16.6 Å². The quantitative estimate of drug-likeness (QED) is 0.329. The van der Waals surface area contributed by atoms with Crippen LogP contribution in [0.2, 0.25) is 0 Å². The molecule has 0 aliphatic rings. The highest BCUT2D eigenvalue weighted by atomic mass is 32.2. The summed E-state index contributed by atoms with van der Waals surface area (Å²) >= 11 is 1.45. The van der Waals surface area contributed by atoms with Gasteiger partial charge in [-0.3, -0.25) is 0 Å². The lowest BCUT2D eigenvalue weighted by Crippen LogP contribution is -2.11. The maximum atomic E-state index is 5.38. The summed E-state index contributed by atoms with van der Waals surface area (Å²) in [5.41, 5.74) is 4.43. The Balaban J connectivity index is 2.15. The largest absolute Gasteiger partial charge is 0.366 e. The van der Waals surface area contributed by atoms with Gasteiger partial charge in [0.05, 0.1) is 5.69 Å². The van der Waals surface area contributed by atoms with Crippen molar-refractivity contribution < 1.29 is 4.52 Å². The summed E-state index contributed by atoms with van der Waals surface area (Å²) in [6.07, 6.45) is 1.91. The lowest BCUT2D eigenvalue weighted by atomic mass is 10.2. The first-order valence-corrected chi connectivity index (χ1v) is 6.91. The summed E-state index contributed by atoms with van der Waals surface area (Å²) in [6, 6.07) is 1.75. The van der Waals surface area contributed by atoms with Gasteiger partial charge < -0.3 is 15.3 Å². The summed E-state index contributed by atoms with van der Waals surface area (Å²) in [4.78, 5) is 8.55. The first-order valence-electron chi connectivity index (χ1n) is 5.69. The molecule has 19 heavy (non-hydrogen) atoms. The Labute approximate surface area is 115 Å². The number of hydrogen-bond acceptors (Lipinski definition) is 8. The van der Waals surface area contributed by atoms with Gasteiger partial charge in [0, 0.05) is 18.2 Å². The Bertz CT molecular complexity index is 529. The number of nitrogens with zero attached hydrogens (tertiary/aromatic N) is 3. The molecule has 0 atom stereocenters. The topological polar surface area (TPSA) is 102 Å². The third-order valence-corrected chi connectivity index (χ3v) is 3.21. The maximum absolute atomic E-state index is 5.38. The van der Waals surface area contributed by atoms with Crippen LogP contribution in [0.1, 0.15) is 17.0 Å². The summed E-state index contributed by atoms with van der Waals surface area (Å²) in [5.74, 6) is 7.46. The molecule has 0 bridgehead atoms. The fourth-order valence-corrected chi connectivity index (χ4v) is 1.99. The van der Waals surface area contributed by atoms with E-state index in [-0.39, 0.29) is 0 Å². The van der Waals surface area contributed by atoms with Crippen LogP contribution in [0.25, 0.3) is 0 Å². The zero-order valence-corrected chi connectivity index (χ0v) is 11.8. The van der Waals surface area contributed by atoms with Crippen LogP contribution in [0.4, 0.5) is 11.6 Å². The monoisotopic (exact) mass is 280 g/mol. The van der Waals surface area contributed by atoms with Crippen molar-refractivity contribution in [1.82, 2.24) is 15.1 Å². The van der Waals surface area contributed by atoms with E-state index in [4.69, 9.17) is 10.4 Å². The third-order valence-electron chi connectivity index (χ3n) is 2.66. The van der Waals surface area contributed by atoms with E-state index in [0.717, 1.165) is 17.0 Å². The van der Waals surface area contributed by atoms with Gasteiger partial charge in [-0.25, -0.2) is 15.8 Å². The minimum absolute atomic E-state index is 0.570. The standard InChI is InChI=1S/C11H16N6OS/c1-6-8(7(2)18-17-6)5-13-9-4-10(16-12)15-11(14-9)19-3/h4H,5,12H2,1-3H3,(H2,13,14,15,16). The highest BCUT2D eigenvalue weighted by Gasteiger charge is 2.09. The predicted molar refractivity (Wildman–Crippen MR) is 74.9 cm³/mol. The smallest absolute Gasteiger partial charge is 0.191 e. The number of aromatic nitrogens is 3. The molecule has 4 N–H and O–H groups in total. The normalized spacial score (nSPS) is 10.5. The zero-order valence-electron chi connectivity index (χ0n) is 11.0. The van der Waals surface area contributed by atoms with Gasteiger partial charge in [-0.05, 0) is 20.1 Å². The molecule has 0 radical (unpaired) electrons. The fourth-order valence-electron chi connectivity index (χ4n) is 1.61. The molecule has 2 aromatic heterocycles. The van der Waals surface area contributed by atoms with Crippen LogP contribution in [0.5, 0.6) is 0 Å². The van der Waals surface area contributed by atoms with E-state index in [2.05, 4.69) is 25.9 Å². The third kappa shape index (κ3) is 3.15. The van der Waals surface area contributed by atoms with Crippen molar-refractivity contribution in [2.75, 3.05) is 17.0 Å². The molecule has 0 aromatic carbocycles. The summed E-state index contributed by atoms with van der Waals surface area (Å²) in [6.45, 7) is 4.39. The van der Waals surface area contributed by atoms with Gasteiger partial charge in [-0.2, -0.15) is 0 Å². The lowest BCUT2D eigenvalue weighted by Gasteiger charge is -2.08. The maximum Gasteiger partial charge on any atom is 0.191 e. The molecule has 0 fully saturated rings. The van der Waals surface area contributed by atoms with E-state index < -0.39 is 0 Å². The predicted octanol–water partition coefficient (Wildman–Crippen LogP) is 1.70. The number of thioether (sulfide) groups is 1. The van der Waals surface area contributed by atoms with E-state index in [9.17, 15) is 0 Å². The highest BCUT2D eigenvalue weighted by Crippen LogP contribution is 2.18. The van der Waals surface area contributed by atoms with Crippen LogP contribution in [-0.2, 0) is 6.54 Å². The van der Waals surface area contributed by atoms with Crippen molar-refractivity contribution in [3.63, 3.8) is 0 Å². The number of nitrogens with one attached hydrogen (secondary N) is 2. The van der Waals surface area contributed by atoms with E-state index in [0.29, 0.717) is 23.3 Å². The molecule has 0 unspecified atom stereocenters. The minimum atomic E-state index is 0.570. The summed E-state index contributed by atoms with van der Waals surface area (Å²) in [5, 5.41) is 7.78.